The Morgan fingerprint density at radius 1 is 0.391 bits per heavy atom. The Morgan fingerprint density at radius 3 is 1.59 bits per heavy atom. The van der Waals surface area contributed by atoms with Gasteiger partial charge in [-0.15, -0.1) is 0 Å². The third-order valence-electron chi connectivity index (χ3n) is 14.2. The normalized spacial score (nSPS) is 12.3. The van der Waals surface area contributed by atoms with Gasteiger partial charge in [0, 0.05) is 33.4 Å². The van der Waals surface area contributed by atoms with Crippen molar-refractivity contribution in [3.05, 3.63) is 218 Å². The highest BCUT2D eigenvalue weighted by molar-refractivity contribution is 6.93. The molecule has 0 saturated carbocycles. The third-order valence-corrected chi connectivity index (χ3v) is 18.2. The van der Waals surface area contributed by atoms with E-state index in [-0.39, 0.29) is 5.82 Å². The van der Waals surface area contributed by atoms with Gasteiger partial charge in [-0.25, -0.2) is 4.39 Å². The summed E-state index contributed by atoms with van der Waals surface area (Å²) in [5, 5.41) is 13.7. The van der Waals surface area contributed by atoms with Crippen LogP contribution in [0, 0.1) is 5.82 Å². The van der Waals surface area contributed by atoms with Gasteiger partial charge in [-0.3, -0.25) is 0 Å². The molecule has 334 valence electrons. The Hall–Kier alpha value is -7.58. The van der Waals surface area contributed by atoms with Gasteiger partial charge in [0.1, 0.15) is 5.82 Å². The SMILES string of the molecule is C[Si](C)(C)c1cc(-c2ccc(N(c3ccccc3)c3c(F)cc(-c4ccccc4)cc3-c3ccccc3)cc2)c2ccc3c([Si](C)(C)C)c4c(c5ccc1c2c35)c1ccccc1n4-c1ccccc1. The number of aromatic nitrogens is 1. The van der Waals surface area contributed by atoms with E-state index in [1.165, 1.54) is 75.7 Å². The lowest BCUT2D eigenvalue weighted by Crippen LogP contribution is -2.40. The molecule has 0 aliphatic rings. The molecule has 0 bridgehead atoms. The second-order valence-corrected chi connectivity index (χ2v) is 30.7. The van der Waals surface area contributed by atoms with Crippen molar-refractivity contribution in [3.63, 3.8) is 0 Å². The number of hydrogen-bond donors (Lipinski definition) is 0. The fourth-order valence-corrected chi connectivity index (χ4v) is 14.8. The van der Waals surface area contributed by atoms with Crippen LogP contribution in [-0.4, -0.2) is 20.7 Å². The van der Waals surface area contributed by atoms with Crippen LogP contribution in [0.4, 0.5) is 21.5 Å². The molecule has 0 radical (unpaired) electrons. The molecule has 0 spiro atoms. The summed E-state index contributed by atoms with van der Waals surface area (Å²) in [4.78, 5) is 2.09. The second kappa shape index (κ2) is 16.3. The molecule has 12 rings (SSSR count). The number of fused-ring (bicyclic) bond motifs is 4. The van der Waals surface area contributed by atoms with Crippen molar-refractivity contribution >= 4 is 97.7 Å². The molecule has 1 heterocycles. The number of para-hydroxylation sites is 3. The summed E-state index contributed by atoms with van der Waals surface area (Å²) in [7, 11) is -3.93. The molecule has 0 saturated heterocycles. The van der Waals surface area contributed by atoms with Crippen LogP contribution >= 0.6 is 0 Å². The van der Waals surface area contributed by atoms with Crippen LogP contribution in [0.5, 0.6) is 0 Å². The van der Waals surface area contributed by atoms with E-state index in [9.17, 15) is 0 Å². The van der Waals surface area contributed by atoms with Crippen molar-refractivity contribution in [1.29, 1.82) is 0 Å². The predicted octanol–water partition coefficient (Wildman–Crippen LogP) is 17.4. The van der Waals surface area contributed by atoms with Crippen molar-refractivity contribution in [3.8, 4) is 39.1 Å². The van der Waals surface area contributed by atoms with Crippen LogP contribution in [0.25, 0.3) is 93.2 Å². The fourth-order valence-electron chi connectivity index (χ4n) is 11.2. The van der Waals surface area contributed by atoms with Gasteiger partial charge < -0.3 is 9.47 Å². The Morgan fingerprint density at radius 2 is 0.928 bits per heavy atom. The lowest BCUT2D eigenvalue weighted by atomic mass is 9.88. The van der Waals surface area contributed by atoms with Gasteiger partial charge in [0.25, 0.3) is 0 Å². The van der Waals surface area contributed by atoms with Crippen LogP contribution < -0.4 is 15.3 Å². The summed E-state index contributed by atoms with van der Waals surface area (Å²) < 4.78 is 19.9. The van der Waals surface area contributed by atoms with Gasteiger partial charge >= 0.3 is 0 Å². The summed E-state index contributed by atoms with van der Waals surface area (Å²) in [6, 6.07) is 75.3. The van der Waals surface area contributed by atoms with Crippen LogP contribution in [-0.2, 0) is 0 Å². The molecule has 11 aromatic carbocycles. The zero-order valence-corrected chi connectivity index (χ0v) is 42.0. The summed E-state index contributed by atoms with van der Waals surface area (Å²) in [5.41, 5.74) is 12.0. The summed E-state index contributed by atoms with van der Waals surface area (Å²) in [5.74, 6) is -0.284. The molecule has 1 aromatic heterocycles. The molecule has 0 unspecified atom stereocenters. The van der Waals surface area contributed by atoms with E-state index < -0.39 is 16.1 Å². The Kier molecular flexibility index (Phi) is 10.1. The minimum atomic E-state index is -2.01. The maximum absolute atomic E-state index is 17.3. The van der Waals surface area contributed by atoms with Gasteiger partial charge in [-0.2, -0.15) is 0 Å². The van der Waals surface area contributed by atoms with E-state index >= 15 is 4.39 Å². The van der Waals surface area contributed by atoms with Crippen molar-refractivity contribution in [2.45, 2.75) is 39.3 Å². The third kappa shape index (κ3) is 7.02. The first-order valence-electron chi connectivity index (χ1n) is 24.1. The van der Waals surface area contributed by atoms with E-state index in [2.05, 4.69) is 188 Å². The minimum absolute atomic E-state index is 0.284. The number of rotatable bonds is 9. The van der Waals surface area contributed by atoms with Crippen molar-refractivity contribution in [2.24, 2.45) is 0 Å². The van der Waals surface area contributed by atoms with Gasteiger partial charge in [-0.05, 0) is 120 Å². The molecule has 69 heavy (non-hydrogen) atoms. The predicted molar refractivity (Wildman–Crippen MR) is 301 cm³/mol. The van der Waals surface area contributed by atoms with Crippen LogP contribution in [0.2, 0.25) is 39.3 Å². The minimum Gasteiger partial charge on any atom is -0.309 e. The largest absolute Gasteiger partial charge is 0.309 e. The lowest BCUT2D eigenvalue weighted by molar-refractivity contribution is 0.630. The summed E-state index contributed by atoms with van der Waals surface area (Å²) in [6.07, 6.45) is 0. The van der Waals surface area contributed by atoms with Crippen LogP contribution in [0.3, 0.4) is 0 Å². The fraction of sp³-hybridized carbons (Fsp3) is 0.0938. The lowest BCUT2D eigenvalue weighted by Gasteiger charge is -2.29. The number of hydrogen-bond acceptors (Lipinski definition) is 1. The summed E-state index contributed by atoms with van der Waals surface area (Å²) >= 11 is 0. The standard InChI is InChI=1S/C64H53FN2Si2/c1-68(2,3)58-41-54(44-31-33-48(34-32-44)66(46-25-15-9-16-26-46)62-55(43-23-13-8-14-24-43)39-45(40-56(62)65)42-21-11-7-12-22-42)49-35-38-53-60-52(37-36-51(58)59(49)60)61-50-29-19-20-30-57(50)67(47-27-17-10-18-28-47)63(61)64(53)69(4,5)6/h7-41H,1-6H3. The van der Waals surface area contributed by atoms with Gasteiger partial charge in [0.2, 0.25) is 0 Å². The smallest absolute Gasteiger partial charge is 0.148 e. The average Bonchev–Trinajstić information content (AvgIpc) is 3.71. The molecule has 0 atom stereocenters. The molecular formula is C64H53FN2Si2. The van der Waals surface area contributed by atoms with Gasteiger partial charge in [-0.1, -0.05) is 202 Å². The van der Waals surface area contributed by atoms with E-state index in [1.807, 2.05) is 66.7 Å². The van der Waals surface area contributed by atoms with Crippen molar-refractivity contribution in [2.75, 3.05) is 4.90 Å². The van der Waals surface area contributed by atoms with Crippen molar-refractivity contribution in [1.82, 2.24) is 4.57 Å². The van der Waals surface area contributed by atoms with Crippen LogP contribution in [0.1, 0.15) is 0 Å². The van der Waals surface area contributed by atoms with E-state index in [0.717, 1.165) is 39.2 Å². The number of halogens is 1. The monoisotopic (exact) mass is 924 g/mol. The average molecular weight is 925 g/mol. The Labute approximate surface area is 405 Å². The quantitative estimate of drug-likeness (QED) is 0.103. The molecule has 12 aromatic rings. The number of benzene rings is 11. The molecule has 0 amide bonds. The first-order chi connectivity index (χ1) is 33.5. The molecule has 5 heteroatoms. The first-order valence-corrected chi connectivity index (χ1v) is 31.1. The molecule has 0 aliphatic carbocycles. The maximum Gasteiger partial charge on any atom is 0.148 e. The molecule has 0 aliphatic heterocycles. The van der Waals surface area contributed by atoms with E-state index in [0.29, 0.717) is 5.69 Å². The highest BCUT2D eigenvalue weighted by Crippen LogP contribution is 2.48. The molecular weight excluding hydrogens is 872 g/mol. The molecule has 0 N–H and O–H groups in total. The maximum atomic E-state index is 17.3. The van der Waals surface area contributed by atoms with Gasteiger partial charge in [0.05, 0.1) is 32.9 Å². The number of nitrogens with zero attached hydrogens (tertiary/aromatic N) is 2. The van der Waals surface area contributed by atoms with E-state index in [4.69, 9.17) is 0 Å². The zero-order chi connectivity index (χ0) is 47.2. The number of anilines is 3. The second-order valence-electron chi connectivity index (χ2n) is 20.6. The molecule has 2 nitrogen and oxygen atoms in total. The highest BCUT2D eigenvalue weighted by Gasteiger charge is 2.32. The summed E-state index contributed by atoms with van der Waals surface area (Å²) in [6.45, 7) is 15.0. The van der Waals surface area contributed by atoms with Gasteiger partial charge in [0.15, 0.2) is 0 Å². The highest BCUT2D eigenvalue weighted by atomic mass is 28.3. The Balaban J connectivity index is 1.11. The Bertz CT molecular complexity index is 3890. The van der Waals surface area contributed by atoms with Crippen LogP contribution in [0.15, 0.2) is 212 Å². The topological polar surface area (TPSA) is 8.17 Å². The zero-order valence-electron chi connectivity index (χ0n) is 40.0. The molecule has 0 fully saturated rings. The van der Waals surface area contributed by atoms with Crippen molar-refractivity contribution < 1.29 is 4.39 Å². The first kappa shape index (κ1) is 42.8. The van der Waals surface area contributed by atoms with E-state index in [1.54, 1.807) is 6.07 Å².